The van der Waals surface area contributed by atoms with E-state index in [0.29, 0.717) is 19.8 Å². The number of hydrogen-bond acceptors (Lipinski definition) is 5. The number of carbonyl (C=O) groups is 1. The second-order valence-electron chi connectivity index (χ2n) is 7.43. The third-order valence-electron chi connectivity index (χ3n) is 5.33. The summed E-state index contributed by atoms with van der Waals surface area (Å²) < 4.78 is 11.1. The molecular weight excluding hydrogens is 366 g/mol. The number of nitrogens with one attached hydrogen (secondary N) is 1. The third-order valence-corrected chi connectivity index (χ3v) is 5.33. The van der Waals surface area contributed by atoms with Crippen molar-refractivity contribution in [2.75, 3.05) is 54.1 Å². The number of carbonyl (C=O) groups excluding carboxylic acids is 1. The number of hydrogen-bond donors (Lipinski definition) is 1. The molecule has 0 aromatic heterocycles. The van der Waals surface area contributed by atoms with Crippen LogP contribution in [-0.4, -0.2) is 69.8 Å². The molecule has 6 nitrogen and oxygen atoms in total. The summed E-state index contributed by atoms with van der Waals surface area (Å²) in [6.45, 7) is 3.56. The normalized spacial score (nSPS) is 17.0. The van der Waals surface area contributed by atoms with Gasteiger partial charge in [0, 0.05) is 25.2 Å². The molecule has 2 atom stereocenters. The van der Waals surface area contributed by atoms with Crippen LogP contribution in [-0.2, 0) is 9.53 Å². The van der Waals surface area contributed by atoms with Crippen molar-refractivity contribution in [1.82, 2.24) is 15.1 Å². The molecular formula is C23H31N3O3. The number of amides is 1. The smallest absolute Gasteiger partial charge is 0.242 e. The van der Waals surface area contributed by atoms with Crippen LogP contribution in [0, 0.1) is 0 Å². The molecule has 2 aromatic rings. The maximum Gasteiger partial charge on any atom is 0.242 e. The van der Waals surface area contributed by atoms with Crippen LogP contribution in [0.1, 0.15) is 23.2 Å². The van der Waals surface area contributed by atoms with Crippen molar-refractivity contribution in [3.63, 3.8) is 0 Å². The van der Waals surface area contributed by atoms with Gasteiger partial charge in [-0.1, -0.05) is 48.5 Å². The molecule has 0 spiro atoms. The zero-order chi connectivity index (χ0) is 20.6. The molecule has 1 N–H and O–H groups in total. The van der Waals surface area contributed by atoms with Crippen molar-refractivity contribution in [1.29, 1.82) is 0 Å². The lowest BCUT2D eigenvalue weighted by atomic mass is 10.0. The van der Waals surface area contributed by atoms with Gasteiger partial charge < -0.3 is 14.8 Å². The van der Waals surface area contributed by atoms with Crippen LogP contribution in [0.4, 0.5) is 0 Å². The molecule has 29 heavy (non-hydrogen) atoms. The Kier molecular flexibility index (Phi) is 7.63. The lowest BCUT2D eigenvalue weighted by Gasteiger charge is -2.36. The Morgan fingerprint density at radius 2 is 1.76 bits per heavy atom. The summed E-state index contributed by atoms with van der Waals surface area (Å²) in [6, 6.07) is 17.6. The number of benzene rings is 2. The van der Waals surface area contributed by atoms with Gasteiger partial charge in [-0.25, -0.2) is 0 Å². The van der Waals surface area contributed by atoms with E-state index in [9.17, 15) is 4.79 Å². The van der Waals surface area contributed by atoms with E-state index in [2.05, 4.69) is 16.3 Å². The highest BCUT2D eigenvalue weighted by Crippen LogP contribution is 2.30. The Morgan fingerprint density at radius 1 is 1.10 bits per heavy atom. The van der Waals surface area contributed by atoms with Gasteiger partial charge in [-0.2, -0.15) is 0 Å². The summed E-state index contributed by atoms with van der Waals surface area (Å²) in [5.74, 6) is 0.833. The van der Waals surface area contributed by atoms with Crippen molar-refractivity contribution < 1.29 is 14.3 Å². The van der Waals surface area contributed by atoms with Crippen LogP contribution in [0.5, 0.6) is 5.75 Å². The van der Waals surface area contributed by atoms with Crippen molar-refractivity contribution in [2.45, 2.75) is 12.1 Å². The van der Waals surface area contributed by atoms with E-state index < -0.39 is 0 Å². The van der Waals surface area contributed by atoms with Crippen LogP contribution in [0.15, 0.2) is 54.6 Å². The zero-order valence-corrected chi connectivity index (χ0v) is 17.5. The number of ether oxygens (including phenoxy) is 2. The highest BCUT2D eigenvalue weighted by Gasteiger charge is 2.28. The Balaban J connectivity index is 1.79. The van der Waals surface area contributed by atoms with E-state index in [1.165, 1.54) is 0 Å². The Labute approximate surface area is 173 Å². The fraction of sp³-hybridized carbons (Fsp3) is 0.435. The minimum atomic E-state index is -0.334. The standard InChI is InChI=1S/C23H31N3O3/c1-25(2)22(18-9-5-4-6-10-18)23(27)24-17-20(26-13-15-29-16-14-26)19-11-7-8-12-21(19)28-3/h4-12,20,22H,13-17H2,1-3H3,(H,24,27). The predicted octanol–water partition coefficient (Wildman–Crippen LogP) is 2.49. The van der Waals surface area contributed by atoms with Gasteiger partial charge in [-0.05, 0) is 25.7 Å². The molecule has 0 bridgehead atoms. The first kappa shape index (κ1) is 21.3. The lowest BCUT2D eigenvalue weighted by molar-refractivity contribution is -0.126. The average Bonchev–Trinajstić information content (AvgIpc) is 2.75. The van der Waals surface area contributed by atoms with Gasteiger partial charge in [0.15, 0.2) is 0 Å². The first-order valence-electron chi connectivity index (χ1n) is 10.1. The van der Waals surface area contributed by atoms with E-state index in [-0.39, 0.29) is 18.0 Å². The van der Waals surface area contributed by atoms with Crippen LogP contribution < -0.4 is 10.1 Å². The molecule has 6 heteroatoms. The number of nitrogens with zero attached hydrogens (tertiary/aromatic N) is 2. The quantitative estimate of drug-likeness (QED) is 0.742. The topological polar surface area (TPSA) is 54.0 Å². The second kappa shape index (κ2) is 10.4. The summed E-state index contributed by atoms with van der Waals surface area (Å²) in [7, 11) is 5.54. The highest BCUT2D eigenvalue weighted by atomic mass is 16.5. The molecule has 0 radical (unpaired) electrons. The van der Waals surface area contributed by atoms with E-state index in [1.54, 1.807) is 7.11 Å². The van der Waals surface area contributed by atoms with Crippen LogP contribution in [0.2, 0.25) is 0 Å². The minimum absolute atomic E-state index is 0.00522. The minimum Gasteiger partial charge on any atom is -0.496 e. The van der Waals surface area contributed by atoms with Crippen molar-refractivity contribution in [2.24, 2.45) is 0 Å². The van der Waals surface area contributed by atoms with E-state index in [4.69, 9.17) is 9.47 Å². The molecule has 1 fully saturated rings. The van der Waals surface area contributed by atoms with Crippen molar-refractivity contribution in [3.05, 3.63) is 65.7 Å². The van der Waals surface area contributed by atoms with Crippen LogP contribution >= 0.6 is 0 Å². The fourth-order valence-corrected chi connectivity index (χ4v) is 3.88. The molecule has 1 aliphatic rings. The Morgan fingerprint density at radius 3 is 2.41 bits per heavy atom. The van der Waals surface area contributed by atoms with Gasteiger partial charge >= 0.3 is 0 Å². The Hall–Kier alpha value is -2.41. The highest BCUT2D eigenvalue weighted by molar-refractivity contribution is 5.83. The molecule has 3 rings (SSSR count). The Bertz CT molecular complexity index is 776. The predicted molar refractivity (Wildman–Crippen MR) is 114 cm³/mol. The summed E-state index contributed by atoms with van der Waals surface area (Å²) >= 11 is 0. The van der Waals surface area contributed by atoms with Gasteiger partial charge in [0.05, 0.1) is 26.4 Å². The van der Waals surface area contributed by atoms with Gasteiger partial charge in [-0.15, -0.1) is 0 Å². The molecule has 0 saturated carbocycles. The largest absolute Gasteiger partial charge is 0.496 e. The first-order valence-corrected chi connectivity index (χ1v) is 10.1. The fourth-order valence-electron chi connectivity index (χ4n) is 3.88. The van der Waals surface area contributed by atoms with Crippen molar-refractivity contribution in [3.8, 4) is 5.75 Å². The lowest BCUT2D eigenvalue weighted by Crippen LogP contribution is -2.45. The maximum absolute atomic E-state index is 13.1. The summed E-state index contributed by atoms with van der Waals surface area (Å²) in [4.78, 5) is 17.4. The molecule has 1 saturated heterocycles. The molecule has 1 aliphatic heterocycles. The molecule has 1 heterocycles. The molecule has 2 aromatic carbocycles. The number of methoxy groups -OCH3 is 1. The van der Waals surface area contributed by atoms with Gasteiger partial charge in [0.1, 0.15) is 11.8 Å². The first-order chi connectivity index (χ1) is 14.1. The van der Waals surface area contributed by atoms with Gasteiger partial charge in [0.2, 0.25) is 5.91 Å². The molecule has 1 amide bonds. The number of para-hydroxylation sites is 1. The van der Waals surface area contributed by atoms with Gasteiger partial charge in [-0.3, -0.25) is 14.6 Å². The van der Waals surface area contributed by atoms with Crippen LogP contribution in [0.25, 0.3) is 0 Å². The van der Waals surface area contributed by atoms with Crippen LogP contribution in [0.3, 0.4) is 0 Å². The van der Waals surface area contributed by atoms with E-state index >= 15 is 0 Å². The van der Waals surface area contributed by atoms with E-state index in [1.807, 2.05) is 67.5 Å². The summed E-state index contributed by atoms with van der Waals surface area (Å²) in [6.07, 6.45) is 0. The maximum atomic E-state index is 13.1. The third kappa shape index (κ3) is 5.35. The average molecular weight is 398 g/mol. The number of likely N-dealkylation sites (N-methyl/N-ethyl adjacent to an activating group) is 1. The number of morpholine rings is 1. The molecule has 0 aliphatic carbocycles. The van der Waals surface area contributed by atoms with E-state index in [0.717, 1.165) is 30.0 Å². The van der Waals surface area contributed by atoms with Gasteiger partial charge in [0.25, 0.3) is 0 Å². The number of rotatable bonds is 8. The molecule has 156 valence electrons. The second-order valence-corrected chi connectivity index (χ2v) is 7.43. The SMILES string of the molecule is COc1ccccc1C(CNC(=O)C(c1ccccc1)N(C)C)N1CCOCC1. The molecule has 2 unspecified atom stereocenters. The zero-order valence-electron chi connectivity index (χ0n) is 17.5. The monoisotopic (exact) mass is 397 g/mol. The summed E-state index contributed by atoms with van der Waals surface area (Å²) in [5, 5.41) is 3.19. The summed E-state index contributed by atoms with van der Waals surface area (Å²) in [5.41, 5.74) is 2.06. The van der Waals surface area contributed by atoms with Crippen molar-refractivity contribution >= 4 is 5.91 Å².